The minimum Gasteiger partial charge on any atom is -0.0622 e. The molecule has 102 valence electrons. The van der Waals surface area contributed by atoms with E-state index in [2.05, 4.69) is 78.9 Å². The van der Waals surface area contributed by atoms with Crippen LogP contribution >= 0.6 is 0 Å². The molecule has 0 fully saturated rings. The Morgan fingerprint density at radius 2 is 1.29 bits per heavy atom. The molecule has 0 heterocycles. The molecular formula is C21H18. The van der Waals surface area contributed by atoms with Crippen molar-refractivity contribution < 1.29 is 0 Å². The summed E-state index contributed by atoms with van der Waals surface area (Å²) in [6.07, 6.45) is 2.45. The van der Waals surface area contributed by atoms with Gasteiger partial charge in [-0.05, 0) is 40.7 Å². The Morgan fingerprint density at radius 1 is 0.619 bits per heavy atom. The monoisotopic (exact) mass is 270 g/mol. The van der Waals surface area contributed by atoms with E-state index in [-0.39, 0.29) is 0 Å². The SMILES string of the molecule is c1ccc(-c2ccc(C3CCc4ccccc43)cc2)cc1. The number of hydrogen-bond acceptors (Lipinski definition) is 0. The van der Waals surface area contributed by atoms with Crippen LogP contribution in [0.5, 0.6) is 0 Å². The second-order valence-electron chi connectivity index (χ2n) is 5.78. The third-order valence-corrected chi connectivity index (χ3v) is 4.55. The third kappa shape index (κ3) is 2.27. The van der Waals surface area contributed by atoms with Gasteiger partial charge in [0.15, 0.2) is 0 Å². The van der Waals surface area contributed by atoms with E-state index in [1.165, 1.54) is 40.7 Å². The van der Waals surface area contributed by atoms with Crippen LogP contribution in [0.15, 0.2) is 78.9 Å². The number of aryl methyl sites for hydroxylation is 1. The van der Waals surface area contributed by atoms with Crippen LogP contribution in [0.1, 0.15) is 29.0 Å². The highest BCUT2D eigenvalue weighted by Gasteiger charge is 2.23. The van der Waals surface area contributed by atoms with Gasteiger partial charge >= 0.3 is 0 Å². The molecule has 0 amide bonds. The summed E-state index contributed by atoms with van der Waals surface area (Å²) in [6, 6.07) is 28.6. The first kappa shape index (κ1) is 12.4. The highest BCUT2D eigenvalue weighted by molar-refractivity contribution is 5.63. The van der Waals surface area contributed by atoms with E-state index in [0.29, 0.717) is 5.92 Å². The highest BCUT2D eigenvalue weighted by Crippen LogP contribution is 2.38. The Hall–Kier alpha value is -2.34. The van der Waals surface area contributed by atoms with E-state index in [1.807, 2.05) is 0 Å². The molecule has 0 aromatic heterocycles. The van der Waals surface area contributed by atoms with Crippen molar-refractivity contribution in [1.29, 1.82) is 0 Å². The summed E-state index contributed by atoms with van der Waals surface area (Å²) in [4.78, 5) is 0. The van der Waals surface area contributed by atoms with E-state index in [1.54, 1.807) is 0 Å². The zero-order valence-electron chi connectivity index (χ0n) is 12.0. The summed E-state index contributed by atoms with van der Waals surface area (Å²) in [5, 5.41) is 0. The summed E-state index contributed by atoms with van der Waals surface area (Å²) < 4.78 is 0. The molecule has 21 heavy (non-hydrogen) atoms. The van der Waals surface area contributed by atoms with Gasteiger partial charge in [0, 0.05) is 5.92 Å². The lowest BCUT2D eigenvalue weighted by Gasteiger charge is -2.13. The largest absolute Gasteiger partial charge is 0.0622 e. The Bertz CT molecular complexity index is 739. The molecule has 1 aliphatic rings. The van der Waals surface area contributed by atoms with Gasteiger partial charge in [-0.1, -0.05) is 78.9 Å². The van der Waals surface area contributed by atoms with Crippen LogP contribution in [0.4, 0.5) is 0 Å². The summed E-state index contributed by atoms with van der Waals surface area (Å²) >= 11 is 0. The molecule has 3 aromatic carbocycles. The molecule has 0 saturated heterocycles. The maximum Gasteiger partial charge on any atom is 0.00952 e. The highest BCUT2D eigenvalue weighted by atomic mass is 14.3. The minimum absolute atomic E-state index is 0.575. The molecule has 0 saturated carbocycles. The molecule has 3 aromatic rings. The second kappa shape index (κ2) is 5.21. The molecule has 0 bridgehead atoms. The van der Waals surface area contributed by atoms with Gasteiger partial charge in [0.05, 0.1) is 0 Å². The fraction of sp³-hybridized carbons (Fsp3) is 0.143. The Morgan fingerprint density at radius 3 is 2.10 bits per heavy atom. The molecular weight excluding hydrogens is 252 g/mol. The lowest BCUT2D eigenvalue weighted by molar-refractivity contribution is 0.788. The standard InChI is InChI=1S/C21H18/c1-2-6-16(7-3-1)17-10-12-19(13-11-17)21-15-14-18-8-4-5-9-20(18)21/h1-13,21H,14-15H2. The van der Waals surface area contributed by atoms with Crippen LogP contribution < -0.4 is 0 Å². The molecule has 0 aliphatic heterocycles. The van der Waals surface area contributed by atoms with Crippen LogP contribution in [0.3, 0.4) is 0 Å². The Labute approximate surface area is 126 Å². The van der Waals surface area contributed by atoms with Crippen LogP contribution in [0.2, 0.25) is 0 Å². The van der Waals surface area contributed by atoms with Crippen molar-refractivity contribution in [3.05, 3.63) is 95.6 Å². The van der Waals surface area contributed by atoms with E-state index in [0.717, 1.165) is 0 Å². The summed E-state index contributed by atoms with van der Waals surface area (Å²) in [7, 11) is 0. The quantitative estimate of drug-likeness (QED) is 0.582. The lowest BCUT2D eigenvalue weighted by atomic mass is 9.91. The van der Waals surface area contributed by atoms with Gasteiger partial charge < -0.3 is 0 Å². The zero-order chi connectivity index (χ0) is 14.1. The number of benzene rings is 3. The topological polar surface area (TPSA) is 0 Å². The Kier molecular flexibility index (Phi) is 3.08. The first-order chi connectivity index (χ1) is 10.4. The number of rotatable bonds is 2. The average Bonchev–Trinajstić information content (AvgIpc) is 3.00. The van der Waals surface area contributed by atoms with Crippen molar-refractivity contribution in [2.45, 2.75) is 18.8 Å². The van der Waals surface area contributed by atoms with Crippen molar-refractivity contribution in [1.82, 2.24) is 0 Å². The minimum atomic E-state index is 0.575. The predicted octanol–water partition coefficient (Wildman–Crippen LogP) is 5.43. The average molecular weight is 270 g/mol. The van der Waals surface area contributed by atoms with E-state index >= 15 is 0 Å². The van der Waals surface area contributed by atoms with E-state index in [4.69, 9.17) is 0 Å². The van der Waals surface area contributed by atoms with Gasteiger partial charge in [0.1, 0.15) is 0 Å². The van der Waals surface area contributed by atoms with Crippen molar-refractivity contribution in [3.8, 4) is 11.1 Å². The first-order valence-electron chi connectivity index (χ1n) is 7.65. The van der Waals surface area contributed by atoms with Crippen molar-refractivity contribution in [2.75, 3.05) is 0 Å². The van der Waals surface area contributed by atoms with Crippen molar-refractivity contribution in [3.63, 3.8) is 0 Å². The van der Waals surface area contributed by atoms with Gasteiger partial charge in [0.25, 0.3) is 0 Å². The smallest absolute Gasteiger partial charge is 0.00952 e. The summed E-state index contributed by atoms with van der Waals surface area (Å²) in [6.45, 7) is 0. The molecule has 0 nitrogen and oxygen atoms in total. The van der Waals surface area contributed by atoms with Gasteiger partial charge in [-0.3, -0.25) is 0 Å². The zero-order valence-corrected chi connectivity index (χ0v) is 12.0. The predicted molar refractivity (Wildman–Crippen MR) is 88.5 cm³/mol. The molecule has 4 rings (SSSR count). The number of fused-ring (bicyclic) bond motifs is 1. The van der Waals surface area contributed by atoms with Crippen LogP contribution in [0.25, 0.3) is 11.1 Å². The van der Waals surface area contributed by atoms with Crippen LogP contribution in [-0.2, 0) is 6.42 Å². The van der Waals surface area contributed by atoms with Crippen molar-refractivity contribution in [2.24, 2.45) is 0 Å². The molecule has 0 spiro atoms. The van der Waals surface area contributed by atoms with E-state index < -0.39 is 0 Å². The lowest BCUT2D eigenvalue weighted by Crippen LogP contribution is -1.95. The molecule has 1 aliphatic carbocycles. The van der Waals surface area contributed by atoms with E-state index in [9.17, 15) is 0 Å². The molecule has 1 unspecified atom stereocenters. The maximum absolute atomic E-state index is 2.30. The second-order valence-corrected chi connectivity index (χ2v) is 5.78. The fourth-order valence-electron chi connectivity index (χ4n) is 3.44. The molecule has 1 atom stereocenters. The molecule has 0 N–H and O–H groups in total. The van der Waals surface area contributed by atoms with Crippen LogP contribution in [-0.4, -0.2) is 0 Å². The fourth-order valence-corrected chi connectivity index (χ4v) is 3.44. The van der Waals surface area contributed by atoms with Gasteiger partial charge in [-0.2, -0.15) is 0 Å². The molecule has 0 heteroatoms. The summed E-state index contributed by atoms with van der Waals surface area (Å²) in [5.74, 6) is 0.575. The Balaban J connectivity index is 1.66. The summed E-state index contributed by atoms with van der Waals surface area (Å²) in [5.41, 5.74) is 7.07. The maximum atomic E-state index is 2.30. The molecule has 0 radical (unpaired) electrons. The third-order valence-electron chi connectivity index (χ3n) is 4.55. The van der Waals surface area contributed by atoms with Gasteiger partial charge in [-0.25, -0.2) is 0 Å². The van der Waals surface area contributed by atoms with Crippen molar-refractivity contribution >= 4 is 0 Å². The van der Waals surface area contributed by atoms with Gasteiger partial charge in [-0.15, -0.1) is 0 Å². The number of hydrogen-bond donors (Lipinski definition) is 0. The normalized spacial score (nSPS) is 16.7. The van der Waals surface area contributed by atoms with Gasteiger partial charge in [0.2, 0.25) is 0 Å². The van der Waals surface area contributed by atoms with Crippen LogP contribution in [0, 0.1) is 0 Å². The first-order valence-corrected chi connectivity index (χ1v) is 7.65.